The van der Waals surface area contributed by atoms with Gasteiger partial charge in [-0.3, -0.25) is 4.90 Å². The van der Waals surface area contributed by atoms with Crippen molar-refractivity contribution in [3.63, 3.8) is 0 Å². The van der Waals surface area contributed by atoms with Crippen LogP contribution in [0.1, 0.15) is 24.8 Å². The molecule has 1 saturated heterocycles. The fourth-order valence-corrected chi connectivity index (χ4v) is 2.10. The van der Waals surface area contributed by atoms with E-state index in [1.54, 1.807) is 6.07 Å². The maximum atomic E-state index is 12.6. The zero-order valence-corrected chi connectivity index (χ0v) is 10.2. The number of halogens is 3. The Hall–Kier alpha value is -1.23. The Bertz CT molecular complexity index is 405. The van der Waals surface area contributed by atoms with Crippen LogP contribution in [0, 0.1) is 0 Å². The van der Waals surface area contributed by atoms with E-state index in [1.165, 1.54) is 6.07 Å². The maximum Gasteiger partial charge on any atom is 0.416 e. The van der Waals surface area contributed by atoms with Gasteiger partial charge in [0.15, 0.2) is 6.23 Å². The average molecular weight is 259 g/mol. The second kappa shape index (κ2) is 5.18. The van der Waals surface area contributed by atoms with Gasteiger partial charge in [0, 0.05) is 6.54 Å². The molecule has 0 bridgehead atoms. The Morgan fingerprint density at radius 3 is 2.72 bits per heavy atom. The van der Waals surface area contributed by atoms with E-state index in [9.17, 15) is 13.2 Å². The summed E-state index contributed by atoms with van der Waals surface area (Å²) in [5.41, 5.74) is -0.668. The number of hydrogen-bond donors (Lipinski definition) is 0. The molecule has 1 heterocycles. The lowest BCUT2D eigenvalue weighted by Gasteiger charge is -2.32. The van der Waals surface area contributed by atoms with Crippen LogP contribution >= 0.6 is 0 Å². The minimum Gasteiger partial charge on any atom is -0.475 e. The average Bonchev–Trinajstić information content (AvgIpc) is 2.31. The van der Waals surface area contributed by atoms with Gasteiger partial charge in [-0.25, -0.2) is 0 Å². The summed E-state index contributed by atoms with van der Waals surface area (Å²) in [4.78, 5) is 2.03. The van der Waals surface area contributed by atoms with Crippen molar-refractivity contribution in [2.75, 3.05) is 13.6 Å². The third kappa shape index (κ3) is 3.16. The van der Waals surface area contributed by atoms with Gasteiger partial charge < -0.3 is 4.74 Å². The topological polar surface area (TPSA) is 12.5 Å². The van der Waals surface area contributed by atoms with E-state index < -0.39 is 11.7 Å². The molecule has 5 heteroatoms. The summed E-state index contributed by atoms with van der Waals surface area (Å²) < 4.78 is 43.3. The number of likely N-dealkylation sites (tertiary alicyclic amines) is 1. The van der Waals surface area contributed by atoms with E-state index in [1.807, 2.05) is 11.9 Å². The number of piperidine rings is 1. The van der Waals surface area contributed by atoms with Crippen LogP contribution in [-0.4, -0.2) is 24.7 Å². The van der Waals surface area contributed by atoms with Gasteiger partial charge in [-0.15, -0.1) is 0 Å². The van der Waals surface area contributed by atoms with Crippen molar-refractivity contribution >= 4 is 0 Å². The molecule has 100 valence electrons. The highest BCUT2D eigenvalue weighted by Crippen LogP contribution is 2.32. The number of nitrogens with zero attached hydrogens (tertiary/aromatic N) is 1. The van der Waals surface area contributed by atoms with Crippen LogP contribution in [0.25, 0.3) is 0 Å². The lowest BCUT2D eigenvalue weighted by molar-refractivity contribution is -0.137. The van der Waals surface area contributed by atoms with Gasteiger partial charge in [0.05, 0.1) is 5.56 Å². The van der Waals surface area contributed by atoms with Gasteiger partial charge in [-0.05, 0) is 44.5 Å². The molecule has 1 aliphatic rings. The molecule has 0 aliphatic carbocycles. The monoisotopic (exact) mass is 259 g/mol. The molecular formula is C13H16F3NO. The highest BCUT2D eigenvalue weighted by molar-refractivity contribution is 5.30. The molecule has 18 heavy (non-hydrogen) atoms. The fraction of sp³-hybridized carbons (Fsp3) is 0.538. The lowest BCUT2D eigenvalue weighted by Crippen LogP contribution is -2.40. The summed E-state index contributed by atoms with van der Waals surface area (Å²) >= 11 is 0. The Balaban J connectivity index is 2.09. The summed E-state index contributed by atoms with van der Waals surface area (Å²) in [6, 6.07) is 5.05. The fourth-order valence-electron chi connectivity index (χ4n) is 2.10. The van der Waals surface area contributed by atoms with Crippen molar-refractivity contribution in [3.05, 3.63) is 29.8 Å². The molecule has 2 rings (SSSR count). The molecule has 0 radical (unpaired) electrons. The zero-order valence-electron chi connectivity index (χ0n) is 10.2. The van der Waals surface area contributed by atoms with Crippen LogP contribution in [0.3, 0.4) is 0 Å². The van der Waals surface area contributed by atoms with E-state index in [0.717, 1.165) is 37.9 Å². The normalized spacial score (nSPS) is 21.9. The van der Waals surface area contributed by atoms with Crippen molar-refractivity contribution < 1.29 is 17.9 Å². The standard InChI is InChI=1S/C13H16F3NO/c1-17-8-3-2-7-12(17)18-11-6-4-5-10(9-11)13(14,15)16/h4-6,9,12H,2-3,7-8H2,1H3/t12-/m1/s1. The first kappa shape index (κ1) is 13.2. The largest absolute Gasteiger partial charge is 0.475 e. The number of benzene rings is 1. The predicted octanol–water partition coefficient (Wildman–Crippen LogP) is 3.53. The molecule has 0 aromatic heterocycles. The number of ether oxygens (including phenoxy) is 1. The molecular weight excluding hydrogens is 243 g/mol. The summed E-state index contributed by atoms with van der Waals surface area (Å²) in [7, 11) is 1.93. The molecule has 1 aromatic rings. The molecule has 0 saturated carbocycles. The second-order valence-electron chi connectivity index (χ2n) is 4.57. The van der Waals surface area contributed by atoms with Crippen molar-refractivity contribution in [1.29, 1.82) is 0 Å². The number of rotatable bonds is 2. The van der Waals surface area contributed by atoms with E-state index in [0.29, 0.717) is 0 Å². The van der Waals surface area contributed by atoms with Crippen LogP contribution in [0.15, 0.2) is 24.3 Å². The molecule has 0 unspecified atom stereocenters. The molecule has 1 aliphatic heterocycles. The SMILES string of the molecule is CN1CCCC[C@H]1Oc1cccc(C(F)(F)F)c1. The first-order chi connectivity index (χ1) is 8.47. The zero-order chi connectivity index (χ0) is 13.2. The molecule has 2 nitrogen and oxygen atoms in total. The van der Waals surface area contributed by atoms with Crippen LogP contribution in [-0.2, 0) is 6.18 Å². The summed E-state index contributed by atoms with van der Waals surface area (Å²) in [6.45, 7) is 0.920. The van der Waals surface area contributed by atoms with E-state index in [4.69, 9.17) is 4.74 Å². The minimum atomic E-state index is -4.32. The Kier molecular flexibility index (Phi) is 3.80. The van der Waals surface area contributed by atoms with Gasteiger partial charge in [-0.2, -0.15) is 13.2 Å². The second-order valence-corrected chi connectivity index (χ2v) is 4.57. The van der Waals surface area contributed by atoms with Crippen molar-refractivity contribution in [1.82, 2.24) is 4.90 Å². The Morgan fingerprint density at radius 1 is 1.28 bits per heavy atom. The van der Waals surface area contributed by atoms with Crippen LogP contribution in [0.5, 0.6) is 5.75 Å². The van der Waals surface area contributed by atoms with Gasteiger partial charge in [0.2, 0.25) is 0 Å². The van der Waals surface area contributed by atoms with Crippen LogP contribution in [0.2, 0.25) is 0 Å². The first-order valence-corrected chi connectivity index (χ1v) is 6.01. The highest BCUT2D eigenvalue weighted by Gasteiger charge is 2.31. The van der Waals surface area contributed by atoms with E-state index >= 15 is 0 Å². The number of alkyl halides is 3. The molecule has 1 aromatic carbocycles. The summed E-state index contributed by atoms with van der Waals surface area (Å²) in [5.74, 6) is 0.281. The van der Waals surface area contributed by atoms with Gasteiger partial charge in [0.1, 0.15) is 5.75 Å². The van der Waals surface area contributed by atoms with E-state index in [2.05, 4.69) is 0 Å². The van der Waals surface area contributed by atoms with Gasteiger partial charge in [-0.1, -0.05) is 6.07 Å². The number of hydrogen-bond acceptors (Lipinski definition) is 2. The molecule has 0 N–H and O–H groups in total. The summed E-state index contributed by atoms with van der Waals surface area (Å²) in [6.07, 6.45) is -1.43. The highest BCUT2D eigenvalue weighted by atomic mass is 19.4. The predicted molar refractivity (Wildman–Crippen MR) is 62.3 cm³/mol. The third-order valence-corrected chi connectivity index (χ3v) is 3.14. The summed E-state index contributed by atoms with van der Waals surface area (Å²) in [5, 5.41) is 0. The molecule has 1 fully saturated rings. The van der Waals surface area contributed by atoms with Crippen LogP contribution in [0.4, 0.5) is 13.2 Å². The van der Waals surface area contributed by atoms with E-state index in [-0.39, 0.29) is 12.0 Å². The van der Waals surface area contributed by atoms with Crippen molar-refractivity contribution in [2.45, 2.75) is 31.7 Å². The lowest BCUT2D eigenvalue weighted by atomic mass is 10.1. The Labute approximate surface area is 104 Å². The third-order valence-electron chi connectivity index (χ3n) is 3.14. The van der Waals surface area contributed by atoms with Crippen molar-refractivity contribution in [2.24, 2.45) is 0 Å². The van der Waals surface area contributed by atoms with Gasteiger partial charge >= 0.3 is 6.18 Å². The first-order valence-electron chi connectivity index (χ1n) is 6.01. The quantitative estimate of drug-likeness (QED) is 0.805. The van der Waals surface area contributed by atoms with Gasteiger partial charge in [0.25, 0.3) is 0 Å². The van der Waals surface area contributed by atoms with Crippen molar-refractivity contribution in [3.8, 4) is 5.75 Å². The molecule has 0 spiro atoms. The maximum absolute atomic E-state index is 12.6. The smallest absolute Gasteiger partial charge is 0.416 e. The van der Waals surface area contributed by atoms with Crippen LogP contribution < -0.4 is 4.74 Å². The Morgan fingerprint density at radius 2 is 2.06 bits per heavy atom. The molecule has 0 amide bonds. The molecule has 1 atom stereocenters. The minimum absolute atomic E-state index is 0.123.